The van der Waals surface area contributed by atoms with Crippen LogP contribution in [-0.2, 0) is 4.79 Å². The van der Waals surface area contributed by atoms with Crippen LogP contribution < -0.4 is 10.2 Å². The van der Waals surface area contributed by atoms with E-state index in [1.54, 1.807) is 19.1 Å². The number of carbonyl (C=O) groups is 2. The van der Waals surface area contributed by atoms with Crippen LogP contribution in [0.4, 0.5) is 10.5 Å². The van der Waals surface area contributed by atoms with E-state index in [0.29, 0.717) is 12.2 Å². The van der Waals surface area contributed by atoms with Gasteiger partial charge in [-0.05, 0) is 19.1 Å². The second-order valence-corrected chi connectivity index (χ2v) is 4.01. The number of anilines is 1. The highest BCUT2D eigenvalue weighted by molar-refractivity contribution is 5.94. The molecular formula is C14H16N2O4. The number of amides is 2. The summed E-state index contributed by atoms with van der Waals surface area (Å²) in [5.41, 5.74) is 0.467. The Morgan fingerprint density at radius 3 is 2.70 bits per heavy atom. The zero-order valence-corrected chi connectivity index (χ0v) is 11.0. The standard InChI is InChI=1S/C14H16N2O4/c1-3-6-12(13(18)19)15-14(20)16(4-2)10-7-5-8-11(17)9-10/h1,5,7-9,12,17H,4,6H2,2H3,(H,15,20)(H,18,19). The Kier molecular flexibility index (Phi) is 5.42. The number of terminal acetylenes is 1. The Morgan fingerprint density at radius 2 is 2.20 bits per heavy atom. The van der Waals surface area contributed by atoms with Crippen molar-refractivity contribution in [2.45, 2.75) is 19.4 Å². The molecule has 3 N–H and O–H groups in total. The van der Waals surface area contributed by atoms with E-state index in [0.717, 1.165) is 0 Å². The number of aromatic hydroxyl groups is 1. The second-order valence-electron chi connectivity index (χ2n) is 4.01. The van der Waals surface area contributed by atoms with E-state index in [1.807, 2.05) is 0 Å². The molecule has 0 radical (unpaired) electrons. The van der Waals surface area contributed by atoms with Crippen LogP contribution >= 0.6 is 0 Å². The molecule has 1 atom stereocenters. The molecule has 0 aliphatic heterocycles. The SMILES string of the molecule is C#CCC(NC(=O)N(CC)c1cccc(O)c1)C(=O)O. The van der Waals surface area contributed by atoms with Crippen LogP contribution in [0.2, 0.25) is 0 Å². The molecule has 0 saturated carbocycles. The lowest BCUT2D eigenvalue weighted by Crippen LogP contribution is -2.48. The van der Waals surface area contributed by atoms with Crippen LogP contribution in [0, 0.1) is 12.3 Å². The van der Waals surface area contributed by atoms with Gasteiger partial charge in [-0.15, -0.1) is 12.3 Å². The molecule has 2 amide bonds. The third kappa shape index (κ3) is 3.92. The average Bonchev–Trinajstić information content (AvgIpc) is 2.39. The number of hydrogen-bond donors (Lipinski definition) is 3. The van der Waals surface area contributed by atoms with Gasteiger partial charge in [0.15, 0.2) is 0 Å². The van der Waals surface area contributed by atoms with Gasteiger partial charge in [-0.25, -0.2) is 9.59 Å². The fourth-order valence-electron chi connectivity index (χ4n) is 1.65. The summed E-state index contributed by atoms with van der Waals surface area (Å²) in [7, 11) is 0. The quantitative estimate of drug-likeness (QED) is 0.709. The summed E-state index contributed by atoms with van der Waals surface area (Å²) < 4.78 is 0. The number of aliphatic carboxylic acids is 1. The van der Waals surface area contributed by atoms with Crippen molar-refractivity contribution >= 4 is 17.7 Å². The molecular weight excluding hydrogens is 260 g/mol. The number of rotatable bonds is 5. The van der Waals surface area contributed by atoms with Gasteiger partial charge in [0.05, 0.1) is 0 Å². The number of carboxylic acids is 1. The summed E-state index contributed by atoms with van der Waals surface area (Å²) in [6, 6.07) is 4.41. The molecule has 1 unspecified atom stereocenters. The zero-order chi connectivity index (χ0) is 15.1. The number of nitrogens with zero attached hydrogens (tertiary/aromatic N) is 1. The predicted octanol–water partition coefficient (Wildman–Crippen LogP) is 1.40. The second kappa shape index (κ2) is 7.04. The minimum atomic E-state index is -1.19. The van der Waals surface area contributed by atoms with Gasteiger partial charge in [0, 0.05) is 24.7 Å². The number of carbonyl (C=O) groups excluding carboxylic acids is 1. The molecule has 0 aromatic heterocycles. The molecule has 6 heteroatoms. The first kappa shape index (κ1) is 15.4. The van der Waals surface area contributed by atoms with Crippen molar-refractivity contribution in [3.05, 3.63) is 24.3 Å². The summed E-state index contributed by atoms with van der Waals surface area (Å²) in [4.78, 5) is 24.3. The van der Waals surface area contributed by atoms with Crippen LogP contribution in [-0.4, -0.2) is 34.8 Å². The summed E-state index contributed by atoms with van der Waals surface area (Å²) >= 11 is 0. The molecule has 0 spiro atoms. The van der Waals surface area contributed by atoms with E-state index in [2.05, 4.69) is 11.2 Å². The van der Waals surface area contributed by atoms with Crippen molar-refractivity contribution in [2.24, 2.45) is 0 Å². The molecule has 0 heterocycles. The van der Waals surface area contributed by atoms with Crippen LogP contribution in [0.5, 0.6) is 5.75 Å². The van der Waals surface area contributed by atoms with Gasteiger partial charge in [0.1, 0.15) is 11.8 Å². The van der Waals surface area contributed by atoms with E-state index >= 15 is 0 Å². The molecule has 1 rings (SSSR count). The van der Waals surface area contributed by atoms with E-state index in [9.17, 15) is 14.7 Å². The van der Waals surface area contributed by atoms with E-state index in [4.69, 9.17) is 11.5 Å². The minimum Gasteiger partial charge on any atom is -0.508 e. The van der Waals surface area contributed by atoms with E-state index < -0.39 is 18.0 Å². The molecule has 106 valence electrons. The number of nitrogens with one attached hydrogen (secondary N) is 1. The van der Waals surface area contributed by atoms with Gasteiger partial charge in [-0.2, -0.15) is 0 Å². The Bertz CT molecular complexity index is 536. The van der Waals surface area contributed by atoms with Crippen molar-refractivity contribution in [1.82, 2.24) is 5.32 Å². The topological polar surface area (TPSA) is 89.9 Å². The third-order valence-electron chi connectivity index (χ3n) is 2.62. The highest BCUT2D eigenvalue weighted by Crippen LogP contribution is 2.20. The van der Waals surface area contributed by atoms with Crippen molar-refractivity contribution in [3.63, 3.8) is 0 Å². The Morgan fingerprint density at radius 1 is 1.50 bits per heavy atom. The van der Waals surface area contributed by atoms with Gasteiger partial charge in [-0.1, -0.05) is 6.07 Å². The zero-order valence-electron chi connectivity index (χ0n) is 11.0. The third-order valence-corrected chi connectivity index (χ3v) is 2.62. The summed E-state index contributed by atoms with van der Waals surface area (Å²) in [6.45, 7) is 2.05. The first-order chi connectivity index (χ1) is 9.49. The highest BCUT2D eigenvalue weighted by Gasteiger charge is 2.22. The highest BCUT2D eigenvalue weighted by atomic mass is 16.4. The number of carboxylic acid groups (broad SMARTS) is 1. The summed E-state index contributed by atoms with van der Waals surface area (Å²) in [5.74, 6) is 1.04. The molecule has 1 aromatic carbocycles. The Labute approximate surface area is 117 Å². The number of benzene rings is 1. The fraction of sp³-hybridized carbons (Fsp3) is 0.286. The Balaban J connectivity index is 2.87. The first-order valence-corrected chi connectivity index (χ1v) is 6.03. The molecule has 6 nitrogen and oxygen atoms in total. The maximum atomic E-state index is 12.1. The van der Waals surface area contributed by atoms with Gasteiger partial charge in [0.2, 0.25) is 0 Å². The number of phenolic OH excluding ortho intramolecular Hbond substituents is 1. The number of phenols is 1. The molecule has 0 aliphatic rings. The smallest absolute Gasteiger partial charge is 0.327 e. The first-order valence-electron chi connectivity index (χ1n) is 6.03. The van der Waals surface area contributed by atoms with Gasteiger partial charge in [0.25, 0.3) is 0 Å². The number of urea groups is 1. The lowest BCUT2D eigenvalue weighted by molar-refractivity contribution is -0.139. The van der Waals surface area contributed by atoms with Gasteiger partial charge < -0.3 is 15.5 Å². The van der Waals surface area contributed by atoms with Crippen molar-refractivity contribution < 1.29 is 19.8 Å². The van der Waals surface area contributed by atoms with Gasteiger partial charge in [-0.3, -0.25) is 4.90 Å². The fourth-order valence-corrected chi connectivity index (χ4v) is 1.65. The monoisotopic (exact) mass is 276 g/mol. The van der Waals surface area contributed by atoms with Crippen molar-refractivity contribution in [3.8, 4) is 18.1 Å². The predicted molar refractivity (Wildman–Crippen MR) is 74.5 cm³/mol. The summed E-state index contributed by atoms with van der Waals surface area (Å²) in [6.07, 6.45) is 4.97. The molecule has 0 bridgehead atoms. The van der Waals surface area contributed by atoms with Crippen molar-refractivity contribution in [2.75, 3.05) is 11.4 Å². The lowest BCUT2D eigenvalue weighted by Gasteiger charge is -2.23. The molecule has 20 heavy (non-hydrogen) atoms. The molecule has 0 fully saturated rings. The maximum Gasteiger partial charge on any atom is 0.327 e. The van der Waals surface area contributed by atoms with Crippen LogP contribution in [0.25, 0.3) is 0 Å². The average molecular weight is 276 g/mol. The molecule has 0 saturated heterocycles. The minimum absolute atomic E-state index is 0.0205. The van der Waals surface area contributed by atoms with E-state index in [-0.39, 0.29) is 12.2 Å². The van der Waals surface area contributed by atoms with Crippen LogP contribution in [0.15, 0.2) is 24.3 Å². The summed E-state index contributed by atoms with van der Waals surface area (Å²) in [5, 5.41) is 20.7. The largest absolute Gasteiger partial charge is 0.508 e. The normalized spacial score (nSPS) is 11.2. The molecule has 1 aromatic rings. The van der Waals surface area contributed by atoms with Gasteiger partial charge >= 0.3 is 12.0 Å². The van der Waals surface area contributed by atoms with Crippen LogP contribution in [0.3, 0.4) is 0 Å². The number of hydrogen-bond acceptors (Lipinski definition) is 3. The lowest BCUT2D eigenvalue weighted by atomic mass is 10.2. The Hall–Kier alpha value is -2.68. The maximum absolute atomic E-state index is 12.1. The van der Waals surface area contributed by atoms with Crippen LogP contribution in [0.1, 0.15) is 13.3 Å². The van der Waals surface area contributed by atoms with Crippen molar-refractivity contribution in [1.29, 1.82) is 0 Å². The molecule has 0 aliphatic carbocycles. The van der Waals surface area contributed by atoms with E-state index in [1.165, 1.54) is 17.0 Å².